The van der Waals surface area contributed by atoms with Crippen LogP contribution in [0.25, 0.3) is 0 Å². The molecular weight excluding hydrogens is 352 g/mol. The minimum atomic E-state index is -3.34. The van der Waals surface area contributed by atoms with E-state index in [-0.39, 0.29) is 10.6 Å². The maximum atomic E-state index is 11.7. The van der Waals surface area contributed by atoms with Crippen LogP contribution in [0, 0.1) is 13.8 Å². The zero-order valence-corrected chi connectivity index (χ0v) is 14.5. The van der Waals surface area contributed by atoms with Crippen molar-refractivity contribution in [2.75, 3.05) is 17.3 Å². The maximum absolute atomic E-state index is 11.7. The first kappa shape index (κ1) is 15.9. The second-order valence-corrected chi connectivity index (χ2v) is 7.82. The number of nitrogens with two attached hydrogens (primary N) is 1. The Morgan fingerprint density at radius 3 is 2.24 bits per heavy atom. The third-order valence-corrected chi connectivity index (χ3v) is 5.59. The van der Waals surface area contributed by atoms with Crippen molar-refractivity contribution in [1.29, 1.82) is 0 Å². The molecule has 0 saturated carbocycles. The molecule has 0 atom stereocenters. The zero-order valence-electron chi connectivity index (χ0n) is 12.1. The minimum Gasteiger partial charge on any atom is -0.396 e. The van der Waals surface area contributed by atoms with E-state index >= 15 is 0 Å². The molecule has 0 aliphatic rings. The summed E-state index contributed by atoms with van der Waals surface area (Å²) >= 11 is 3.52. The van der Waals surface area contributed by atoms with Crippen molar-refractivity contribution in [2.45, 2.75) is 18.7 Å². The highest BCUT2D eigenvalue weighted by Gasteiger charge is 2.14. The molecule has 0 saturated heterocycles. The Morgan fingerprint density at radius 1 is 1.14 bits per heavy atom. The molecule has 3 N–H and O–H groups in total. The third-order valence-electron chi connectivity index (χ3n) is 3.18. The maximum Gasteiger partial charge on any atom is 0.177 e. The van der Waals surface area contributed by atoms with Crippen LogP contribution in [0.2, 0.25) is 0 Å². The molecule has 4 nitrogen and oxygen atoms in total. The van der Waals surface area contributed by atoms with E-state index in [9.17, 15) is 8.42 Å². The fourth-order valence-electron chi connectivity index (χ4n) is 2.15. The Bertz CT molecular complexity index is 778. The first-order chi connectivity index (χ1) is 9.70. The van der Waals surface area contributed by atoms with Gasteiger partial charge in [0.2, 0.25) is 0 Å². The number of halogens is 1. The normalized spacial score (nSPS) is 11.4. The molecule has 0 amide bonds. The summed E-state index contributed by atoms with van der Waals surface area (Å²) in [6.07, 6.45) is 1.15. The van der Waals surface area contributed by atoms with Crippen LogP contribution in [0.1, 0.15) is 11.1 Å². The minimum absolute atomic E-state index is 0.137. The van der Waals surface area contributed by atoms with Crippen LogP contribution in [0.4, 0.5) is 17.1 Å². The average Bonchev–Trinajstić information content (AvgIpc) is 2.37. The Morgan fingerprint density at radius 2 is 1.71 bits per heavy atom. The monoisotopic (exact) mass is 368 g/mol. The van der Waals surface area contributed by atoms with Crippen LogP contribution >= 0.6 is 15.9 Å². The van der Waals surface area contributed by atoms with Crippen molar-refractivity contribution in [3.63, 3.8) is 0 Å². The fraction of sp³-hybridized carbons (Fsp3) is 0.200. The van der Waals surface area contributed by atoms with Gasteiger partial charge in [0.25, 0.3) is 0 Å². The summed E-state index contributed by atoms with van der Waals surface area (Å²) in [5.41, 5.74) is 9.84. The van der Waals surface area contributed by atoms with Crippen LogP contribution in [0.3, 0.4) is 0 Å². The van der Waals surface area contributed by atoms with Gasteiger partial charge in [-0.15, -0.1) is 0 Å². The lowest BCUT2D eigenvalue weighted by Gasteiger charge is -2.14. The van der Waals surface area contributed by atoms with Gasteiger partial charge in [-0.2, -0.15) is 0 Å². The highest BCUT2D eigenvalue weighted by molar-refractivity contribution is 9.10. The molecular formula is C15H17BrN2O2S. The van der Waals surface area contributed by atoms with Crippen LogP contribution in [-0.2, 0) is 9.84 Å². The summed E-state index contributed by atoms with van der Waals surface area (Å²) in [5, 5.41) is 3.18. The molecule has 0 aliphatic heterocycles. The van der Waals surface area contributed by atoms with E-state index in [4.69, 9.17) is 5.73 Å². The smallest absolute Gasteiger partial charge is 0.177 e. The van der Waals surface area contributed by atoms with Crippen LogP contribution in [-0.4, -0.2) is 14.7 Å². The summed E-state index contributed by atoms with van der Waals surface area (Å²) < 4.78 is 24.5. The predicted octanol–water partition coefficient (Wildman–Crippen LogP) is 3.80. The highest BCUT2D eigenvalue weighted by atomic mass is 79.9. The number of hydrogen-bond acceptors (Lipinski definition) is 4. The third kappa shape index (κ3) is 3.39. The predicted molar refractivity (Wildman–Crippen MR) is 90.9 cm³/mol. The molecule has 0 aliphatic carbocycles. The van der Waals surface area contributed by atoms with Gasteiger partial charge in [0.15, 0.2) is 9.84 Å². The fourth-order valence-corrected chi connectivity index (χ4v) is 3.21. The quantitative estimate of drug-likeness (QED) is 0.808. The van der Waals surface area contributed by atoms with Gasteiger partial charge < -0.3 is 11.1 Å². The topological polar surface area (TPSA) is 72.2 Å². The summed E-state index contributed by atoms with van der Waals surface area (Å²) in [7, 11) is -3.34. The van der Waals surface area contributed by atoms with Crippen molar-refractivity contribution in [1.82, 2.24) is 0 Å². The van der Waals surface area contributed by atoms with Gasteiger partial charge in [0.1, 0.15) is 0 Å². The lowest BCUT2D eigenvalue weighted by Crippen LogP contribution is -2.05. The second-order valence-electron chi connectivity index (χ2n) is 5.04. The molecule has 112 valence electrons. The van der Waals surface area contributed by atoms with Gasteiger partial charge in [-0.05, 0) is 49.2 Å². The van der Waals surface area contributed by atoms with Crippen molar-refractivity contribution in [2.24, 2.45) is 0 Å². The summed E-state index contributed by atoms with van der Waals surface area (Å²) in [6.45, 7) is 4.00. The molecule has 0 radical (unpaired) electrons. The number of benzene rings is 2. The number of sulfone groups is 1. The number of hydrogen-bond donors (Lipinski definition) is 2. The van der Waals surface area contributed by atoms with Crippen molar-refractivity contribution >= 4 is 42.8 Å². The van der Waals surface area contributed by atoms with Crippen LogP contribution in [0.5, 0.6) is 0 Å². The SMILES string of the molecule is Cc1cc(Nc2cccc(S(C)(=O)=O)c2N)cc(C)c1Br. The second kappa shape index (κ2) is 5.69. The van der Waals surface area contributed by atoms with E-state index in [1.54, 1.807) is 12.1 Å². The molecule has 0 spiro atoms. The lowest BCUT2D eigenvalue weighted by molar-refractivity contribution is 0.602. The van der Waals surface area contributed by atoms with Gasteiger partial charge >= 0.3 is 0 Å². The van der Waals surface area contributed by atoms with E-state index in [1.165, 1.54) is 6.07 Å². The first-order valence-corrected chi connectivity index (χ1v) is 9.01. The molecule has 0 bridgehead atoms. The largest absolute Gasteiger partial charge is 0.396 e. The van der Waals surface area contributed by atoms with E-state index in [1.807, 2.05) is 26.0 Å². The van der Waals surface area contributed by atoms with Crippen LogP contribution < -0.4 is 11.1 Å². The molecule has 0 fully saturated rings. The number of rotatable bonds is 3. The molecule has 0 unspecified atom stereocenters. The van der Waals surface area contributed by atoms with E-state index in [2.05, 4.69) is 21.2 Å². The first-order valence-electron chi connectivity index (χ1n) is 6.32. The molecule has 21 heavy (non-hydrogen) atoms. The summed E-state index contributed by atoms with van der Waals surface area (Å²) in [6, 6.07) is 8.89. The standard InChI is InChI=1S/C15H17BrN2O2S/c1-9-7-11(8-10(2)14(9)16)18-12-5-4-6-13(15(12)17)21(3,19)20/h4-8,18H,17H2,1-3H3. The Kier molecular flexibility index (Phi) is 4.30. The number of aryl methyl sites for hydroxylation is 2. The molecule has 6 heteroatoms. The van der Waals surface area contributed by atoms with Crippen molar-refractivity contribution in [3.8, 4) is 0 Å². The zero-order chi connectivity index (χ0) is 15.8. The van der Waals surface area contributed by atoms with Gasteiger partial charge in [0.05, 0.1) is 16.3 Å². The van der Waals surface area contributed by atoms with Gasteiger partial charge in [-0.3, -0.25) is 0 Å². The molecule has 0 aromatic heterocycles. The van der Waals surface area contributed by atoms with Gasteiger partial charge in [-0.1, -0.05) is 22.0 Å². The van der Waals surface area contributed by atoms with Crippen molar-refractivity contribution < 1.29 is 8.42 Å². The number of anilines is 3. The summed E-state index contributed by atoms with van der Waals surface area (Å²) in [4.78, 5) is 0.137. The summed E-state index contributed by atoms with van der Waals surface area (Å²) in [5.74, 6) is 0. The van der Waals surface area contributed by atoms with Gasteiger partial charge in [0, 0.05) is 16.4 Å². The Labute approximate surface area is 133 Å². The Balaban J connectivity index is 2.46. The molecule has 0 heterocycles. The molecule has 2 aromatic rings. The number of nitrogen functional groups attached to an aromatic ring is 1. The lowest BCUT2D eigenvalue weighted by atomic mass is 10.1. The van der Waals surface area contributed by atoms with Crippen LogP contribution in [0.15, 0.2) is 39.7 Å². The van der Waals surface area contributed by atoms with E-state index in [0.717, 1.165) is 27.5 Å². The molecule has 2 aromatic carbocycles. The van der Waals surface area contributed by atoms with Gasteiger partial charge in [-0.25, -0.2) is 8.42 Å². The number of para-hydroxylation sites is 1. The molecule has 2 rings (SSSR count). The Hall–Kier alpha value is -1.53. The number of nitrogens with one attached hydrogen (secondary N) is 1. The van der Waals surface area contributed by atoms with E-state index < -0.39 is 9.84 Å². The average molecular weight is 369 g/mol. The van der Waals surface area contributed by atoms with Crippen molar-refractivity contribution in [3.05, 3.63) is 45.9 Å². The van der Waals surface area contributed by atoms with E-state index in [0.29, 0.717) is 5.69 Å². The highest BCUT2D eigenvalue weighted by Crippen LogP contribution is 2.31.